The minimum absolute atomic E-state index is 0.285. The average Bonchev–Trinajstić information content (AvgIpc) is 2.61. The van der Waals surface area contributed by atoms with Gasteiger partial charge in [-0.15, -0.1) is 0 Å². The number of anilines is 1. The quantitative estimate of drug-likeness (QED) is 0.204. The van der Waals surface area contributed by atoms with E-state index >= 15 is 0 Å². The topological polar surface area (TPSA) is 29.5 Å². The average molecular weight is 396 g/mol. The molecule has 3 nitrogen and oxygen atoms in total. The van der Waals surface area contributed by atoms with Crippen molar-refractivity contribution in [1.82, 2.24) is 0 Å². The summed E-state index contributed by atoms with van der Waals surface area (Å²) in [6, 6.07) is 8.40. The Kier molecular flexibility index (Phi) is 11.3. The lowest BCUT2D eigenvalue weighted by atomic mass is 10.1. The largest absolute Gasteiger partial charge is 0.462 e. The molecular formula is C20H30BrNO2. The first-order valence-electron chi connectivity index (χ1n) is 8.97. The van der Waals surface area contributed by atoms with Crippen LogP contribution < -0.4 is 4.90 Å². The number of esters is 1. The number of nitrogens with zero attached hydrogens (tertiary/aromatic N) is 1. The summed E-state index contributed by atoms with van der Waals surface area (Å²) in [6.07, 6.45) is 8.98. The fourth-order valence-corrected chi connectivity index (χ4v) is 2.53. The first-order valence-corrected chi connectivity index (χ1v) is 10.1. The van der Waals surface area contributed by atoms with E-state index in [9.17, 15) is 4.79 Å². The Balaban J connectivity index is 2.60. The summed E-state index contributed by atoms with van der Waals surface area (Å²) in [7, 11) is 0. The standard InChI is InChI=1S/C20H30BrNO2/c1-3-5-15-22(16-6-4-2)19-11-8-18(9-12-19)10-13-20(23)24-17-7-14-21/h8-13H,3-7,14-17H2,1-2H3/b13-10+. The number of unbranched alkanes of at least 4 members (excludes halogenated alkanes) is 2. The van der Waals surface area contributed by atoms with E-state index < -0.39 is 0 Å². The number of carbonyl (C=O) groups excluding carboxylic acids is 1. The number of rotatable bonds is 12. The molecule has 0 radical (unpaired) electrons. The summed E-state index contributed by atoms with van der Waals surface area (Å²) >= 11 is 3.31. The Morgan fingerprint density at radius 3 is 2.25 bits per heavy atom. The van der Waals surface area contributed by atoms with Crippen LogP contribution in [0.25, 0.3) is 6.08 Å². The van der Waals surface area contributed by atoms with Crippen LogP contribution in [0.15, 0.2) is 30.3 Å². The molecule has 0 bridgehead atoms. The lowest BCUT2D eigenvalue weighted by Crippen LogP contribution is -2.25. The van der Waals surface area contributed by atoms with Crippen LogP contribution in [-0.2, 0) is 9.53 Å². The van der Waals surface area contributed by atoms with Crippen LogP contribution in [0.5, 0.6) is 0 Å². The number of benzene rings is 1. The molecule has 4 heteroatoms. The van der Waals surface area contributed by atoms with Crippen LogP contribution in [0.3, 0.4) is 0 Å². The highest BCUT2D eigenvalue weighted by Crippen LogP contribution is 2.17. The summed E-state index contributed by atoms with van der Waals surface area (Å²) in [5.74, 6) is -0.285. The van der Waals surface area contributed by atoms with Crippen molar-refractivity contribution in [2.75, 3.05) is 29.9 Å². The van der Waals surface area contributed by atoms with Crippen LogP contribution in [0.4, 0.5) is 5.69 Å². The van der Waals surface area contributed by atoms with Crippen molar-refractivity contribution < 1.29 is 9.53 Å². The number of carbonyl (C=O) groups is 1. The SMILES string of the molecule is CCCCN(CCCC)c1ccc(/C=C/C(=O)OCCCBr)cc1. The molecule has 0 N–H and O–H groups in total. The van der Waals surface area contributed by atoms with Gasteiger partial charge >= 0.3 is 5.97 Å². The molecule has 0 unspecified atom stereocenters. The molecule has 1 aromatic rings. The minimum atomic E-state index is -0.285. The third-order valence-corrected chi connectivity index (χ3v) is 4.32. The molecular weight excluding hydrogens is 366 g/mol. The van der Waals surface area contributed by atoms with Gasteiger partial charge in [-0.25, -0.2) is 4.79 Å². The molecule has 1 rings (SSSR count). The summed E-state index contributed by atoms with van der Waals surface area (Å²) in [4.78, 5) is 14.0. The number of hydrogen-bond acceptors (Lipinski definition) is 3. The number of ether oxygens (including phenoxy) is 1. The molecule has 134 valence electrons. The summed E-state index contributed by atoms with van der Waals surface area (Å²) in [6.45, 7) is 7.11. The maximum atomic E-state index is 11.6. The van der Waals surface area contributed by atoms with Crippen LogP contribution in [0, 0.1) is 0 Å². The maximum absolute atomic E-state index is 11.6. The van der Waals surface area contributed by atoms with E-state index in [2.05, 4.69) is 58.9 Å². The van der Waals surface area contributed by atoms with E-state index in [-0.39, 0.29) is 5.97 Å². The molecule has 0 saturated heterocycles. The van der Waals surface area contributed by atoms with Crippen molar-refractivity contribution in [3.05, 3.63) is 35.9 Å². The molecule has 0 heterocycles. The van der Waals surface area contributed by atoms with Gasteiger partial charge in [0.25, 0.3) is 0 Å². The van der Waals surface area contributed by atoms with Gasteiger partial charge in [-0.2, -0.15) is 0 Å². The van der Waals surface area contributed by atoms with Crippen molar-refractivity contribution in [1.29, 1.82) is 0 Å². The van der Waals surface area contributed by atoms with E-state index in [1.165, 1.54) is 37.4 Å². The van der Waals surface area contributed by atoms with Crippen molar-refractivity contribution in [3.8, 4) is 0 Å². The number of hydrogen-bond donors (Lipinski definition) is 0. The highest BCUT2D eigenvalue weighted by Gasteiger charge is 2.05. The molecule has 0 spiro atoms. The second-order valence-electron chi connectivity index (χ2n) is 5.83. The Labute approximate surface area is 155 Å². The Morgan fingerprint density at radius 2 is 1.71 bits per heavy atom. The van der Waals surface area contributed by atoms with Gasteiger partial charge in [0.15, 0.2) is 0 Å². The molecule has 0 aromatic heterocycles. The molecule has 0 aliphatic carbocycles. The van der Waals surface area contributed by atoms with Crippen molar-refractivity contribution >= 4 is 33.7 Å². The number of halogens is 1. The number of alkyl halides is 1. The van der Waals surface area contributed by atoms with E-state index in [1.807, 2.05) is 6.08 Å². The Hall–Kier alpha value is -1.29. The van der Waals surface area contributed by atoms with Gasteiger partial charge in [-0.1, -0.05) is 54.8 Å². The zero-order valence-corrected chi connectivity index (χ0v) is 16.6. The van der Waals surface area contributed by atoms with Gasteiger partial charge in [-0.05, 0) is 43.0 Å². The van der Waals surface area contributed by atoms with Gasteiger partial charge in [0.2, 0.25) is 0 Å². The second kappa shape index (κ2) is 13.1. The fraction of sp³-hybridized carbons (Fsp3) is 0.550. The first-order chi connectivity index (χ1) is 11.7. The van der Waals surface area contributed by atoms with E-state index in [0.717, 1.165) is 30.4 Å². The van der Waals surface area contributed by atoms with Gasteiger partial charge in [0.05, 0.1) is 6.61 Å². The predicted octanol–water partition coefficient (Wildman–Crippen LogP) is 5.43. The highest BCUT2D eigenvalue weighted by molar-refractivity contribution is 9.09. The van der Waals surface area contributed by atoms with Crippen LogP contribution in [-0.4, -0.2) is 31.0 Å². The van der Waals surface area contributed by atoms with Gasteiger partial charge in [0.1, 0.15) is 0 Å². The van der Waals surface area contributed by atoms with E-state index in [4.69, 9.17) is 4.74 Å². The van der Waals surface area contributed by atoms with Crippen molar-refractivity contribution in [2.45, 2.75) is 46.0 Å². The van der Waals surface area contributed by atoms with E-state index in [1.54, 1.807) is 0 Å². The van der Waals surface area contributed by atoms with Gasteiger partial charge in [-0.3, -0.25) is 0 Å². The lowest BCUT2D eigenvalue weighted by Gasteiger charge is -2.24. The lowest BCUT2D eigenvalue weighted by molar-refractivity contribution is -0.137. The third kappa shape index (κ3) is 8.53. The normalized spacial score (nSPS) is 11.0. The first kappa shape index (κ1) is 20.8. The predicted molar refractivity (Wildman–Crippen MR) is 107 cm³/mol. The highest BCUT2D eigenvalue weighted by atomic mass is 79.9. The summed E-state index contributed by atoms with van der Waals surface area (Å²) in [5.41, 5.74) is 2.27. The van der Waals surface area contributed by atoms with Crippen LogP contribution >= 0.6 is 15.9 Å². The smallest absolute Gasteiger partial charge is 0.330 e. The molecule has 0 saturated carbocycles. The zero-order chi connectivity index (χ0) is 17.6. The van der Waals surface area contributed by atoms with Crippen molar-refractivity contribution in [3.63, 3.8) is 0 Å². The second-order valence-corrected chi connectivity index (χ2v) is 6.62. The van der Waals surface area contributed by atoms with Crippen molar-refractivity contribution in [2.24, 2.45) is 0 Å². The fourth-order valence-electron chi connectivity index (χ4n) is 2.30. The molecule has 0 amide bonds. The summed E-state index contributed by atoms with van der Waals surface area (Å²) in [5, 5.41) is 0.845. The molecule has 0 aliphatic heterocycles. The molecule has 24 heavy (non-hydrogen) atoms. The van der Waals surface area contributed by atoms with Gasteiger partial charge in [0, 0.05) is 30.2 Å². The van der Waals surface area contributed by atoms with E-state index in [0.29, 0.717) is 6.61 Å². The molecule has 1 aromatic carbocycles. The van der Waals surface area contributed by atoms with Gasteiger partial charge < -0.3 is 9.64 Å². The van der Waals surface area contributed by atoms with Crippen LogP contribution in [0.1, 0.15) is 51.5 Å². The molecule has 0 fully saturated rings. The monoisotopic (exact) mass is 395 g/mol. The Morgan fingerprint density at radius 1 is 1.08 bits per heavy atom. The maximum Gasteiger partial charge on any atom is 0.330 e. The molecule has 0 atom stereocenters. The third-order valence-electron chi connectivity index (χ3n) is 3.76. The van der Waals surface area contributed by atoms with Crippen LogP contribution in [0.2, 0.25) is 0 Å². The molecule has 0 aliphatic rings. The zero-order valence-electron chi connectivity index (χ0n) is 15.0. The minimum Gasteiger partial charge on any atom is -0.462 e. The Bertz CT molecular complexity index is 477. The summed E-state index contributed by atoms with van der Waals surface area (Å²) < 4.78 is 5.09.